The lowest BCUT2D eigenvalue weighted by atomic mass is 10.3. The third kappa shape index (κ3) is 5.55. The minimum atomic E-state index is 0.186. The standard InChI is InChI=1S/C11H17NO4/c1-2-14-8-16-9-15-7-12-10-3-5-11(13)6-4-10/h3-6,12-13H,2,7-9H2,1H3. The molecule has 5 nitrogen and oxygen atoms in total. The highest BCUT2D eigenvalue weighted by Gasteiger charge is 1.92. The van der Waals surface area contributed by atoms with Crippen LogP contribution in [0.5, 0.6) is 5.75 Å². The van der Waals surface area contributed by atoms with Crippen molar-refractivity contribution in [3.05, 3.63) is 24.3 Å². The SMILES string of the molecule is CCOCOCOCNc1ccc(O)cc1. The van der Waals surface area contributed by atoms with Crippen LogP contribution in [0.2, 0.25) is 0 Å². The highest BCUT2D eigenvalue weighted by molar-refractivity contribution is 5.45. The summed E-state index contributed by atoms with van der Waals surface area (Å²) in [5.74, 6) is 0.242. The van der Waals surface area contributed by atoms with E-state index in [1.165, 1.54) is 0 Å². The summed E-state index contributed by atoms with van der Waals surface area (Å²) in [6.07, 6.45) is 0. The van der Waals surface area contributed by atoms with Gasteiger partial charge in [0.15, 0.2) is 6.79 Å². The van der Waals surface area contributed by atoms with Crippen LogP contribution in [0, 0.1) is 0 Å². The largest absolute Gasteiger partial charge is 0.508 e. The summed E-state index contributed by atoms with van der Waals surface area (Å²) in [6, 6.07) is 6.74. The van der Waals surface area contributed by atoms with Crippen molar-refractivity contribution < 1.29 is 19.3 Å². The van der Waals surface area contributed by atoms with Crippen molar-refractivity contribution in [2.45, 2.75) is 6.92 Å². The molecule has 0 aromatic heterocycles. The molecule has 0 spiro atoms. The van der Waals surface area contributed by atoms with Crippen molar-refractivity contribution in [1.29, 1.82) is 0 Å². The zero-order valence-electron chi connectivity index (χ0n) is 9.31. The fourth-order valence-corrected chi connectivity index (χ4v) is 0.991. The Kier molecular flexibility index (Phi) is 6.32. The van der Waals surface area contributed by atoms with E-state index >= 15 is 0 Å². The number of phenolic OH excluding ortho intramolecular Hbond substituents is 1. The van der Waals surface area contributed by atoms with Crippen LogP contribution in [0.3, 0.4) is 0 Å². The Labute approximate surface area is 94.9 Å². The Morgan fingerprint density at radius 3 is 2.44 bits per heavy atom. The first kappa shape index (κ1) is 12.8. The highest BCUT2D eigenvalue weighted by Crippen LogP contribution is 2.13. The van der Waals surface area contributed by atoms with E-state index in [4.69, 9.17) is 19.3 Å². The van der Waals surface area contributed by atoms with Crippen LogP contribution in [0.15, 0.2) is 24.3 Å². The monoisotopic (exact) mass is 227 g/mol. The number of rotatable bonds is 8. The van der Waals surface area contributed by atoms with Crippen LogP contribution >= 0.6 is 0 Å². The van der Waals surface area contributed by atoms with Crippen molar-refractivity contribution in [3.63, 3.8) is 0 Å². The number of benzene rings is 1. The van der Waals surface area contributed by atoms with E-state index in [1.807, 2.05) is 6.92 Å². The van der Waals surface area contributed by atoms with Gasteiger partial charge in [0.2, 0.25) is 0 Å². The van der Waals surface area contributed by atoms with Gasteiger partial charge in [0.05, 0.1) is 0 Å². The van der Waals surface area contributed by atoms with Gasteiger partial charge in [0.1, 0.15) is 19.3 Å². The fourth-order valence-electron chi connectivity index (χ4n) is 0.991. The van der Waals surface area contributed by atoms with Crippen LogP contribution < -0.4 is 5.32 Å². The van der Waals surface area contributed by atoms with Gasteiger partial charge in [-0.2, -0.15) is 0 Å². The molecule has 0 fully saturated rings. The van der Waals surface area contributed by atoms with Gasteiger partial charge < -0.3 is 24.6 Å². The van der Waals surface area contributed by atoms with Crippen molar-refractivity contribution in [2.24, 2.45) is 0 Å². The van der Waals surface area contributed by atoms with Crippen LogP contribution in [0.1, 0.15) is 6.92 Å². The number of nitrogens with one attached hydrogen (secondary N) is 1. The third-order valence-corrected chi connectivity index (χ3v) is 1.78. The molecule has 1 aromatic carbocycles. The number of phenols is 1. The Hall–Kier alpha value is -1.30. The molecule has 0 aliphatic carbocycles. The van der Waals surface area contributed by atoms with Crippen molar-refractivity contribution >= 4 is 5.69 Å². The molecule has 1 aromatic rings. The summed E-state index contributed by atoms with van der Waals surface area (Å²) < 4.78 is 15.1. The number of ether oxygens (including phenoxy) is 3. The normalized spacial score (nSPS) is 10.3. The van der Waals surface area contributed by atoms with Crippen LogP contribution in [-0.4, -0.2) is 32.0 Å². The smallest absolute Gasteiger partial charge is 0.151 e. The molecule has 5 heteroatoms. The Morgan fingerprint density at radius 1 is 1.06 bits per heavy atom. The average Bonchev–Trinajstić information content (AvgIpc) is 2.30. The number of anilines is 1. The summed E-state index contributed by atoms with van der Waals surface area (Å²) >= 11 is 0. The maximum absolute atomic E-state index is 9.06. The number of hydrogen-bond donors (Lipinski definition) is 2. The first-order valence-corrected chi connectivity index (χ1v) is 5.09. The first-order chi connectivity index (χ1) is 7.83. The molecule has 90 valence electrons. The van der Waals surface area contributed by atoms with Gasteiger partial charge in [0.25, 0.3) is 0 Å². The minimum Gasteiger partial charge on any atom is -0.508 e. The van der Waals surface area contributed by atoms with Gasteiger partial charge >= 0.3 is 0 Å². The Bertz CT molecular complexity index is 276. The summed E-state index contributed by atoms with van der Waals surface area (Å²) in [6.45, 7) is 3.31. The van der Waals surface area contributed by atoms with Crippen molar-refractivity contribution in [2.75, 3.05) is 32.2 Å². The van der Waals surface area contributed by atoms with Crippen molar-refractivity contribution in [1.82, 2.24) is 0 Å². The van der Waals surface area contributed by atoms with E-state index in [9.17, 15) is 0 Å². The van der Waals surface area contributed by atoms with E-state index < -0.39 is 0 Å². The molecule has 0 amide bonds. The molecule has 0 bridgehead atoms. The molecule has 0 saturated heterocycles. The van der Waals surface area contributed by atoms with Gasteiger partial charge in [0, 0.05) is 12.3 Å². The quantitative estimate of drug-likeness (QED) is 0.402. The van der Waals surface area contributed by atoms with Gasteiger partial charge in [-0.25, -0.2) is 0 Å². The number of aromatic hydroxyl groups is 1. The van der Waals surface area contributed by atoms with E-state index in [0.29, 0.717) is 13.3 Å². The molecule has 0 heterocycles. The molecule has 0 aliphatic rings. The second-order valence-electron chi connectivity index (χ2n) is 3.00. The van der Waals surface area contributed by atoms with E-state index in [0.717, 1.165) is 5.69 Å². The van der Waals surface area contributed by atoms with E-state index in [1.54, 1.807) is 24.3 Å². The summed E-state index contributed by atoms with van der Waals surface area (Å²) in [5.41, 5.74) is 0.877. The van der Waals surface area contributed by atoms with Gasteiger partial charge in [-0.05, 0) is 31.2 Å². The fraction of sp³-hybridized carbons (Fsp3) is 0.455. The van der Waals surface area contributed by atoms with Crippen LogP contribution in [0.4, 0.5) is 5.69 Å². The molecule has 0 aliphatic heterocycles. The average molecular weight is 227 g/mol. The molecule has 0 atom stereocenters. The highest BCUT2D eigenvalue weighted by atomic mass is 16.7. The lowest BCUT2D eigenvalue weighted by Crippen LogP contribution is -2.10. The first-order valence-electron chi connectivity index (χ1n) is 5.09. The summed E-state index contributed by atoms with van der Waals surface area (Å²) in [5, 5.41) is 12.1. The predicted molar refractivity (Wildman–Crippen MR) is 60.1 cm³/mol. The Morgan fingerprint density at radius 2 is 1.75 bits per heavy atom. The Balaban J connectivity index is 2.01. The van der Waals surface area contributed by atoms with Gasteiger partial charge in [-0.3, -0.25) is 0 Å². The molecule has 1 rings (SSSR count). The molecule has 2 N–H and O–H groups in total. The lowest BCUT2D eigenvalue weighted by Gasteiger charge is -2.08. The van der Waals surface area contributed by atoms with Crippen LogP contribution in [0.25, 0.3) is 0 Å². The lowest BCUT2D eigenvalue weighted by molar-refractivity contribution is -0.126. The molecule has 0 radical (unpaired) electrons. The van der Waals surface area contributed by atoms with Crippen LogP contribution in [-0.2, 0) is 14.2 Å². The maximum Gasteiger partial charge on any atom is 0.151 e. The molecular weight excluding hydrogens is 210 g/mol. The zero-order chi connectivity index (χ0) is 11.6. The molecule has 0 saturated carbocycles. The topological polar surface area (TPSA) is 60.0 Å². The van der Waals surface area contributed by atoms with Gasteiger partial charge in [-0.1, -0.05) is 0 Å². The molecule has 0 unspecified atom stereocenters. The van der Waals surface area contributed by atoms with E-state index in [-0.39, 0.29) is 19.3 Å². The second kappa shape index (κ2) is 7.92. The van der Waals surface area contributed by atoms with Gasteiger partial charge in [-0.15, -0.1) is 0 Å². The second-order valence-corrected chi connectivity index (χ2v) is 3.00. The zero-order valence-corrected chi connectivity index (χ0v) is 9.31. The third-order valence-electron chi connectivity index (χ3n) is 1.78. The maximum atomic E-state index is 9.06. The van der Waals surface area contributed by atoms with E-state index in [2.05, 4.69) is 5.32 Å². The minimum absolute atomic E-state index is 0.186. The number of hydrogen-bond acceptors (Lipinski definition) is 5. The molecular formula is C11H17NO4. The summed E-state index contributed by atoms with van der Waals surface area (Å²) in [4.78, 5) is 0. The van der Waals surface area contributed by atoms with Crippen molar-refractivity contribution in [3.8, 4) is 5.75 Å². The predicted octanol–water partition coefficient (Wildman–Crippen LogP) is 1.75. The summed E-state index contributed by atoms with van der Waals surface area (Å²) in [7, 11) is 0. The molecule has 16 heavy (non-hydrogen) atoms.